The highest BCUT2D eigenvalue weighted by Crippen LogP contribution is 2.49. The molecule has 2 aliphatic rings. The summed E-state index contributed by atoms with van der Waals surface area (Å²) >= 11 is 4.69. The van der Waals surface area contributed by atoms with E-state index in [0.29, 0.717) is 5.41 Å². The van der Waals surface area contributed by atoms with E-state index in [1.54, 1.807) is 0 Å². The van der Waals surface area contributed by atoms with Gasteiger partial charge in [0.05, 0.1) is 6.10 Å². The fourth-order valence-electron chi connectivity index (χ4n) is 3.55. The Bertz CT molecular complexity index is 328. The van der Waals surface area contributed by atoms with Gasteiger partial charge in [-0.05, 0) is 81.3 Å². The molecule has 0 saturated heterocycles. The van der Waals surface area contributed by atoms with Crippen molar-refractivity contribution >= 4 is 23.5 Å². The van der Waals surface area contributed by atoms with Crippen molar-refractivity contribution in [2.45, 2.75) is 63.9 Å². The van der Waals surface area contributed by atoms with E-state index in [-0.39, 0.29) is 11.2 Å². The van der Waals surface area contributed by atoms with Crippen LogP contribution in [0.5, 0.6) is 0 Å². The highest BCUT2D eigenvalue weighted by atomic mass is 32.1. The highest BCUT2D eigenvalue weighted by molar-refractivity contribution is 7.80. The van der Waals surface area contributed by atoms with Gasteiger partial charge in [-0.15, -0.1) is 0 Å². The number of nitrogens with zero attached hydrogens (tertiary/aromatic N) is 1. The van der Waals surface area contributed by atoms with Gasteiger partial charge in [0.15, 0.2) is 5.11 Å². The lowest BCUT2D eigenvalue weighted by Gasteiger charge is -2.44. The van der Waals surface area contributed by atoms with Crippen LogP contribution in [0.15, 0.2) is 5.10 Å². The van der Waals surface area contributed by atoms with E-state index in [4.69, 9.17) is 5.73 Å². The minimum atomic E-state index is -0.0401. The van der Waals surface area contributed by atoms with Crippen molar-refractivity contribution < 1.29 is 5.11 Å². The molecule has 2 saturated carbocycles. The molecule has 0 aromatic rings. The second-order valence-corrected chi connectivity index (χ2v) is 6.64. The lowest BCUT2D eigenvalue weighted by molar-refractivity contribution is 0.0300. The molecular formula is C14H25N3OS. The van der Waals surface area contributed by atoms with Crippen LogP contribution in [0, 0.1) is 11.3 Å². The predicted octanol–water partition coefficient (Wildman–Crippen LogP) is 2.31. The standard InChI is InChI=1S/C14H25N3OS/c15-13(19)17-16-10-5-11-1-6-14(7-2-11)8-3-12(18)4-9-14/h10-12,18H,1-9H2,(H3,15,17,19). The van der Waals surface area contributed by atoms with Crippen LogP contribution in [-0.4, -0.2) is 22.5 Å². The molecule has 19 heavy (non-hydrogen) atoms. The molecule has 4 nitrogen and oxygen atoms in total. The Morgan fingerprint density at radius 2 is 1.84 bits per heavy atom. The molecule has 0 unspecified atom stereocenters. The predicted molar refractivity (Wildman–Crippen MR) is 81.9 cm³/mol. The Morgan fingerprint density at radius 1 is 1.26 bits per heavy atom. The second kappa shape index (κ2) is 6.66. The van der Waals surface area contributed by atoms with Crippen LogP contribution in [0.25, 0.3) is 0 Å². The van der Waals surface area contributed by atoms with Gasteiger partial charge in [0.1, 0.15) is 0 Å². The third-order valence-corrected chi connectivity index (χ3v) is 4.98. The molecule has 108 valence electrons. The molecule has 5 heteroatoms. The molecule has 0 heterocycles. The molecule has 0 atom stereocenters. The fraction of sp³-hybridized carbons (Fsp3) is 0.857. The molecule has 2 rings (SSSR count). The molecule has 0 aromatic heterocycles. The minimum Gasteiger partial charge on any atom is -0.393 e. The van der Waals surface area contributed by atoms with Crippen molar-refractivity contribution in [3.63, 3.8) is 0 Å². The van der Waals surface area contributed by atoms with E-state index in [9.17, 15) is 5.11 Å². The monoisotopic (exact) mass is 283 g/mol. The average molecular weight is 283 g/mol. The van der Waals surface area contributed by atoms with Gasteiger partial charge in [-0.25, -0.2) is 0 Å². The summed E-state index contributed by atoms with van der Waals surface area (Å²) in [6.45, 7) is 0. The molecule has 0 bridgehead atoms. The zero-order valence-corrected chi connectivity index (χ0v) is 12.3. The van der Waals surface area contributed by atoms with Crippen LogP contribution in [0.2, 0.25) is 0 Å². The largest absolute Gasteiger partial charge is 0.393 e. The van der Waals surface area contributed by atoms with Crippen molar-refractivity contribution in [3.8, 4) is 0 Å². The minimum absolute atomic E-state index is 0.0401. The summed E-state index contributed by atoms with van der Waals surface area (Å²) in [7, 11) is 0. The van der Waals surface area contributed by atoms with Gasteiger partial charge in [0.25, 0.3) is 0 Å². The molecular weight excluding hydrogens is 258 g/mol. The molecule has 2 fully saturated rings. The Morgan fingerprint density at radius 3 is 2.42 bits per heavy atom. The topological polar surface area (TPSA) is 70.6 Å². The van der Waals surface area contributed by atoms with Crippen LogP contribution >= 0.6 is 12.2 Å². The number of thiocarbonyl (C=S) groups is 1. The van der Waals surface area contributed by atoms with Crippen molar-refractivity contribution in [2.24, 2.45) is 22.2 Å². The van der Waals surface area contributed by atoms with Crippen LogP contribution < -0.4 is 11.2 Å². The first-order valence-corrected chi connectivity index (χ1v) is 7.75. The second-order valence-electron chi connectivity index (χ2n) is 6.20. The number of aliphatic hydroxyl groups is 1. The molecule has 0 aromatic carbocycles. The normalized spacial score (nSPS) is 35.6. The number of hydrazone groups is 1. The summed E-state index contributed by atoms with van der Waals surface area (Å²) in [5.41, 5.74) is 8.45. The first-order chi connectivity index (χ1) is 9.10. The molecule has 0 amide bonds. The van der Waals surface area contributed by atoms with Gasteiger partial charge in [-0.1, -0.05) is 0 Å². The summed E-state index contributed by atoms with van der Waals surface area (Å²) in [6, 6.07) is 0. The lowest BCUT2D eigenvalue weighted by Crippen LogP contribution is -2.33. The zero-order chi connectivity index (χ0) is 13.7. The van der Waals surface area contributed by atoms with Gasteiger partial charge >= 0.3 is 0 Å². The number of nitrogens with one attached hydrogen (secondary N) is 1. The van der Waals surface area contributed by atoms with Crippen molar-refractivity contribution in [1.82, 2.24) is 5.43 Å². The van der Waals surface area contributed by atoms with Gasteiger partial charge in [-0.2, -0.15) is 5.10 Å². The number of nitrogens with two attached hydrogens (primary N) is 1. The van der Waals surface area contributed by atoms with E-state index in [1.165, 1.54) is 38.5 Å². The Labute approximate surface area is 120 Å². The SMILES string of the molecule is NC(=S)NN=CCC1CCC2(CCC(O)CC2)CC1. The van der Waals surface area contributed by atoms with Crippen LogP contribution in [0.1, 0.15) is 57.8 Å². The molecule has 4 N–H and O–H groups in total. The maximum atomic E-state index is 9.62. The summed E-state index contributed by atoms with van der Waals surface area (Å²) in [5, 5.41) is 13.8. The lowest BCUT2D eigenvalue weighted by atomic mass is 9.62. The molecule has 2 aliphatic carbocycles. The summed E-state index contributed by atoms with van der Waals surface area (Å²) in [4.78, 5) is 0. The number of hydrogen-bond acceptors (Lipinski definition) is 3. The van der Waals surface area contributed by atoms with Gasteiger partial charge < -0.3 is 10.8 Å². The maximum absolute atomic E-state index is 9.62. The van der Waals surface area contributed by atoms with Crippen molar-refractivity contribution in [1.29, 1.82) is 0 Å². The average Bonchev–Trinajstić information content (AvgIpc) is 2.40. The maximum Gasteiger partial charge on any atom is 0.184 e. The highest BCUT2D eigenvalue weighted by Gasteiger charge is 2.37. The van der Waals surface area contributed by atoms with Crippen LogP contribution in [-0.2, 0) is 0 Å². The van der Waals surface area contributed by atoms with E-state index < -0.39 is 0 Å². The molecule has 0 radical (unpaired) electrons. The smallest absolute Gasteiger partial charge is 0.184 e. The van der Waals surface area contributed by atoms with Gasteiger partial charge in [0.2, 0.25) is 0 Å². The number of hydrogen-bond donors (Lipinski definition) is 3. The Kier molecular flexibility index (Phi) is 5.16. The van der Waals surface area contributed by atoms with Crippen molar-refractivity contribution in [3.05, 3.63) is 0 Å². The summed E-state index contributed by atoms with van der Waals surface area (Å²) < 4.78 is 0. The quantitative estimate of drug-likeness (QED) is 0.422. The van der Waals surface area contributed by atoms with E-state index >= 15 is 0 Å². The zero-order valence-electron chi connectivity index (χ0n) is 11.5. The molecule has 0 aliphatic heterocycles. The van der Waals surface area contributed by atoms with E-state index in [2.05, 4.69) is 22.7 Å². The van der Waals surface area contributed by atoms with Crippen LogP contribution in [0.3, 0.4) is 0 Å². The van der Waals surface area contributed by atoms with E-state index in [1.807, 2.05) is 6.21 Å². The Hall–Kier alpha value is -0.680. The summed E-state index contributed by atoms with van der Waals surface area (Å²) in [6.07, 6.45) is 12.5. The van der Waals surface area contributed by atoms with Gasteiger partial charge in [0, 0.05) is 6.21 Å². The number of aliphatic hydroxyl groups excluding tert-OH is 1. The third-order valence-electron chi connectivity index (χ3n) is 4.89. The first kappa shape index (κ1) is 14.7. The number of rotatable bonds is 3. The van der Waals surface area contributed by atoms with Crippen LogP contribution in [0.4, 0.5) is 0 Å². The molecule has 1 spiro atoms. The van der Waals surface area contributed by atoms with Gasteiger partial charge in [-0.3, -0.25) is 5.43 Å². The Balaban J connectivity index is 1.70. The summed E-state index contributed by atoms with van der Waals surface area (Å²) in [5.74, 6) is 0.745. The van der Waals surface area contributed by atoms with E-state index in [0.717, 1.165) is 25.2 Å². The third kappa shape index (κ3) is 4.42. The first-order valence-electron chi connectivity index (χ1n) is 7.35. The fourth-order valence-corrected chi connectivity index (χ4v) is 3.60. The van der Waals surface area contributed by atoms with Crippen molar-refractivity contribution in [2.75, 3.05) is 0 Å².